The van der Waals surface area contributed by atoms with Crippen LogP contribution in [0.25, 0.3) is 0 Å². The van der Waals surface area contributed by atoms with Gasteiger partial charge < -0.3 is 16.0 Å². The number of aryl methyl sites for hydroxylation is 2. The minimum Gasteiger partial charge on any atom is -0.384 e. The molecule has 4 heterocycles. The molecule has 0 bridgehead atoms. The quantitative estimate of drug-likeness (QED) is 0.400. The van der Waals surface area contributed by atoms with Crippen LogP contribution < -0.4 is 21.5 Å². The standard InChI is InChI=1S/C29H33N7O2.3ClH/c1-4-21-9-5-7-15-29(21,24-10-6-8-16-31-24)35(3)26-28(38)36-22(18-32-26)12-13-23(36)27(37)33-17-20-11-14-25(30)34-19(20)2;;;/h5-11,14-16,18,21,23H,4,12-13,17H2,1-3H3,(H2,30,34)(H,33,37);3*1H/t21?,23-,29?;;;/m0.../s1. The average molecular weight is 621 g/mol. The maximum absolute atomic E-state index is 14.0. The van der Waals surface area contributed by atoms with E-state index in [9.17, 15) is 9.59 Å². The first kappa shape index (κ1) is 33.8. The van der Waals surface area contributed by atoms with E-state index in [4.69, 9.17) is 5.73 Å². The van der Waals surface area contributed by atoms with E-state index in [-0.39, 0.29) is 60.4 Å². The molecule has 0 saturated heterocycles. The molecule has 0 radical (unpaired) electrons. The van der Waals surface area contributed by atoms with E-state index >= 15 is 0 Å². The number of aromatic nitrogens is 4. The molecule has 12 heteroatoms. The number of halogens is 3. The van der Waals surface area contributed by atoms with Crippen LogP contribution in [0.15, 0.2) is 71.8 Å². The van der Waals surface area contributed by atoms with Crippen molar-refractivity contribution < 1.29 is 4.79 Å². The normalized spacial score (nSPS) is 20.2. The Morgan fingerprint density at radius 1 is 1.17 bits per heavy atom. The monoisotopic (exact) mass is 619 g/mol. The number of likely N-dealkylation sites (N-methyl/N-ethyl adjacent to an activating group) is 1. The van der Waals surface area contributed by atoms with E-state index in [1.807, 2.05) is 55.3 Å². The average Bonchev–Trinajstić information content (AvgIpc) is 3.38. The van der Waals surface area contributed by atoms with Gasteiger partial charge in [-0.05, 0) is 49.9 Å². The van der Waals surface area contributed by atoms with Crippen LogP contribution in [0.1, 0.15) is 48.5 Å². The lowest BCUT2D eigenvalue weighted by Crippen LogP contribution is -2.51. The van der Waals surface area contributed by atoms with Gasteiger partial charge in [0.15, 0.2) is 5.82 Å². The molecule has 3 aromatic rings. The highest BCUT2D eigenvalue weighted by Crippen LogP contribution is 2.42. The SMILES string of the molecule is CCC1C=CC=CC1(c1ccccn1)N(C)c1ncc2n(c1=O)[C@H](C(=O)NCc1ccc(N)nc1C)CC2.Cl.Cl.Cl. The highest BCUT2D eigenvalue weighted by molar-refractivity contribution is 5.86. The van der Waals surface area contributed by atoms with Gasteiger partial charge in [-0.25, -0.2) is 9.97 Å². The number of nitrogens with zero attached hydrogens (tertiary/aromatic N) is 5. The molecule has 0 saturated carbocycles. The number of nitrogen functional groups attached to an aromatic ring is 1. The first-order valence-electron chi connectivity index (χ1n) is 13.0. The molecule has 220 valence electrons. The highest BCUT2D eigenvalue weighted by atomic mass is 35.5. The Kier molecular flexibility index (Phi) is 11.5. The van der Waals surface area contributed by atoms with Crippen LogP contribution in [-0.4, -0.2) is 32.5 Å². The number of carbonyl (C=O) groups excluding carboxylic acids is 1. The van der Waals surface area contributed by atoms with Gasteiger partial charge in [0.2, 0.25) is 5.91 Å². The Hall–Kier alpha value is -3.40. The number of nitrogens with one attached hydrogen (secondary N) is 1. The summed E-state index contributed by atoms with van der Waals surface area (Å²) < 4.78 is 1.61. The lowest BCUT2D eigenvalue weighted by atomic mass is 9.75. The molecule has 3 aromatic heterocycles. The summed E-state index contributed by atoms with van der Waals surface area (Å²) in [6.45, 7) is 4.30. The van der Waals surface area contributed by atoms with Gasteiger partial charge in [-0.3, -0.25) is 19.1 Å². The zero-order valence-electron chi connectivity index (χ0n) is 23.2. The van der Waals surface area contributed by atoms with E-state index in [0.717, 1.165) is 29.1 Å². The number of hydrogen-bond acceptors (Lipinski definition) is 7. The summed E-state index contributed by atoms with van der Waals surface area (Å²) in [4.78, 5) is 42.8. The van der Waals surface area contributed by atoms with Crippen LogP contribution in [0.4, 0.5) is 11.6 Å². The summed E-state index contributed by atoms with van der Waals surface area (Å²) in [6, 6.07) is 8.79. The topological polar surface area (TPSA) is 119 Å². The van der Waals surface area contributed by atoms with Crippen molar-refractivity contribution in [2.75, 3.05) is 17.7 Å². The van der Waals surface area contributed by atoms with E-state index in [0.29, 0.717) is 25.2 Å². The molecule has 1 aliphatic heterocycles. The molecule has 1 aliphatic carbocycles. The largest absolute Gasteiger partial charge is 0.384 e. The second kappa shape index (κ2) is 14.0. The molecular weight excluding hydrogens is 585 g/mol. The van der Waals surface area contributed by atoms with Crippen molar-refractivity contribution in [1.29, 1.82) is 0 Å². The summed E-state index contributed by atoms with van der Waals surface area (Å²) >= 11 is 0. The Morgan fingerprint density at radius 3 is 2.63 bits per heavy atom. The van der Waals surface area contributed by atoms with Crippen LogP contribution >= 0.6 is 37.2 Å². The van der Waals surface area contributed by atoms with Crippen LogP contribution in [0.3, 0.4) is 0 Å². The number of amides is 1. The zero-order chi connectivity index (χ0) is 26.9. The van der Waals surface area contributed by atoms with Crippen molar-refractivity contribution in [3.05, 3.63) is 100 Å². The van der Waals surface area contributed by atoms with Crippen molar-refractivity contribution in [3.63, 3.8) is 0 Å². The fourth-order valence-corrected chi connectivity index (χ4v) is 5.71. The van der Waals surface area contributed by atoms with Crippen LogP contribution in [0.5, 0.6) is 0 Å². The molecule has 0 aromatic carbocycles. The number of anilines is 2. The summed E-state index contributed by atoms with van der Waals surface area (Å²) in [5.41, 5.74) is 8.03. The minimum absolute atomic E-state index is 0. The second-order valence-corrected chi connectivity index (χ2v) is 9.86. The van der Waals surface area contributed by atoms with Crippen molar-refractivity contribution >= 4 is 54.8 Å². The smallest absolute Gasteiger partial charge is 0.294 e. The first-order valence-corrected chi connectivity index (χ1v) is 13.0. The van der Waals surface area contributed by atoms with Crippen LogP contribution in [-0.2, 0) is 23.3 Å². The summed E-state index contributed by atoms with van der Waals surface area (Å²) in [5, 5.41) is 2.99. The highest BCUT2D eigenvalue weighted by Gasteiger charge is 2.44. The van der Waals surface area contributed by atoms with Gasteiger partial charge in [0.25, 0.3) is 5.56 Å². The number of pyridine rings is 2. The second-order valence-electron chi connectivity index (χ2n) is 9.86. The number of hydrogen-bond donors (Lipinski definition) is 2. The predicted octanol–water partition coefficient (Wildman–Crippen LogP) is 4.48. The van der Waals surface area contributed by atoms with E-state index in [1.165, 1.54) is 0 Å². The lowest BCUT2D eigenvalue weighted by Gasteiger charge is -2.45. The van der Waals surface area contributed by atoms with Crippen molar-refractivity contribution in [2.45, 2.75) is 51.2 Å². The van der Waals surface area contributed by atoms with Gasteiger partial charge in [0, 0.05) is 43.3 Å². The maximum Gasteiger partial charge on any atom is 0.294 e. The van der Waals surface area contributed by atoms with Crippen molar-refractivity contribution in [2.24, 2.45) is 5.92 Å². The number of allylic oxidation sites excluding steroid dienone is 2. The molecule has 5 rings (SSSR count). The zero-order valence-corrected chi connectivity index (χ0v) is 25.6. The Balaban J connectivity index is 0.00000196. The Morgan fingerprint density at radius 2 is 1.95 bits per heavy atom. The van der Waals surface area contributed by atoms with Crippen molar-refractivity contribution in [1.82, 2.24) is 24.8 Å². The summed E-state index contributed by atoms with van der Waals surface area (Å²) in [5.74, 6) is 0.599. The minimum atomic E-state index is -0.693. The molecule has 0 spiro atoms. The molecule has 2 unspecified atom stereocenters. The molecule has 0 fully saturated rings. The van der Waals surface area contributed by atoms with Gasteiger partial charge in [-0.2, -0.15) is 0 Å². The number of fused-ring (bicyclic) bond motifs is 1. The lowest BCUT2D eigenvalue weighted by molar-refractivity contribution is -0.124. The van der Waals surface area contributed by atoms with Gasteiger partial charge >= 0.3 is 0 Å². The Labute approximate surface area is 258 Å². The molecule has 9 nitrogen and oxygen atoms in total. The fourth-order valence-electron chi connectivity index (χ4n) is 5.71. The van der Waals surface area contributed by atoms with Crippen molar-refractivity contribution in [3.8, 4) is 0 Å². The molecule has 1 amide bonds. The third-order valence-corrected chi connectivity index (χ3v) is 7.77. The molecular formula is C29H36Cl3N7O2. The van der Waals surface area contributed by atoms with Gasteiger partial charge in [0.05, 0.1) is 5.69 Å². The third kappa shape index (κ3) is 6.12. The number of rotatable bonds is 7. The van der Waals surface area contributed by atoms with E-state index in [1.54, 1.807) is 23.0 Å². The summed E-state index contributed by atoms with van der Waals surface area (Å²) in [6.07, 6.45) is 13.8. The Bertz CT molecular complexity index is 1480. The molecule has 2 aliphatic rings. The number of nitrogens with two attached hydrogens (primary N) is 1. The third-order valence-electron chi connectivity index (χ3n) is 7.77. The van der Waals surface area contributed by atoms with Gasteiger partial charge in [0.1, 0.15) is 17.4 Å². The first-order chi connectivity index (χ1) is 18.4. The fraction of sp³-hybridized carbons (Fsp3) is 0.345. The molecule has 41 heavy (non-hydrogen) atoms. The van der Waals surface area contributed by atoms with Crippen LogP contribution in [0.2, 0.25) is 0 Å². The van der Waals surface area contributed by atoms with E-state index in [2.05, 4.69) is 39.3 Å². The predicted molar refractivity (Wildman–Crippen MR) is 169 cm³/mol. The molecule has 3 atom stereocenters. The van der Waals surface area contributed by atoms with Crippen LogP contribution in [0, 0.1) is 12.8 Å². The summed E-state index contributed by atoms with van der Waals surface area (Å²) in [7, 11) is 1.89. The van der Waals surface area contributed by atoms with E-state index < -0.39 is 11.6 Å². The maximum atomic E-state index is 14.0. The molecule has 3 N–H and O–H groups in total. The van der Waals surface area contributed by atoms with Gasteiger partial charge in [-0.15, -0.1) is 37.2 Å². The number of carbonyl (C=O) groups is 1. The van der Waals surface area contributed by atoms with Gasteiger partial charge in [-0.1, -0.05) is 43.4 Å².